The number of hydrogen-bond donors (Lipinski definition) is 3. The van der Waals surface area contributed by atoms with Crippen molar-refractivity contribution in [2.75, 3.05) is 18.9 Å². The van der Waals surface area contributed by atoms with Gasteiger partial charge in [0.05, 0.1) is 6.61 Å². The van der Waals surface area contributed by atoms with E-state index in [0.717, 1.165) is 22.3 Å². The minimum Gasteiger partial charge on any atom is -0.399 e. The number of fused-ring (bicyclic) bond motifs is 1. The van der Waals surface area contributed by atoms with Crippen LogP contribution in [0.4, 0.5) is 5.69 Å². The van der Waals surface area contributed by atoms with Gasteiger partial charge in [-0.05, 0) is 30.7 Å². The Kier molecular flexibility index (Phi) is 3.83. The number of nitrogens with zero attached hydrogens (tertiary/aromatic N) is 1. The van der Waals surface area contributed by atoms with Crippen LogP contribution in [0.25, 0.3) is 10.9 Å². The summed E-state index contributed by atoms with van der Waals surface area (Å²) >= 11 is 0. The highest BCUT2D eigenvalue weighted by atomic mass is 16.3. The van der Waals surface area contributed by atoms with Crippen LogP contribution in [0, 0.1) is 0 Å². The second-order valence-corrected chi connectivity index (χ2v) is 5.58. The monoisotopic (exact) mass is 262 g/mol. The smallest absolute Gasteiger partial charge is 0.0610 e. The lowest BCUT2D eigenvalue weighted by atomic mass is 9.85. The summed E-state index contributed by atoms with van der Waals surface area (Å²) in [5.41, 5.74) is 8.62. The lowest BCUT2D eigenvalue weighted by Gasteiger charge is -2.26. The summed E-state index contributed by atoms with van der Waals surface area (Å²) in [6.07, 6.45) is 0.685. The molecule has 0 aliphatic rings. The molecule has 4 heteroatoms. The molecule has 4 N–H and O–H groups in total. The fourth-order valence-electron chi connectivity index (χ4n) is 2.60. The molecule has 0 fully saturated rings. The normalized spacial score (nSPS) is 12.2. The first-order valence-electron chi connectivity index (χ1n) is 6.60. The van der Waals surface area contributed by atoms with Crippen LogP contribution < -0.4 is 5.73 Å². The Hall–Kier alpha value is -1.52. The standard InChI is InChI=1S/C15H22N2O2/c1-15(2,5-7-18)14-10-11-9-12(16)3-4-13(11)17(14)6-8-19/h3-4,9-10,18-19H,5-8,16H2,1-2H3. The Labute approximate surface area is 113 Å². The quantitative estimate of drug-likeness (QED) is 0.720. The molecular weight excluding hydrogens is 240 g/mol. The van der Waals surface area contributed by atoms with Gasteiger partial charge >= 0.3 is 0 Å². The van der Waals surface area contributed by atoms with Crippen LogP contribution in [0.3, 0.4) is 0 Å². The first-order valence-corrected chi connectivity index (χ1v) is 6.60. The van der Waals surface area contributed by atoms with Crippen LogP contribution in [-0.2, 0) is 12.0 Å². The van der Waals surface area contributed by atoms with E-state index >= 15 is 0 Å². The summed E-state index contributed by atoms with van der Waals surface area (Å²) < 4.78 is 2.12. The summed E-state index contributed by atoms with van der Waals surface area (Å²) in [7, 11) is 0. The van der Waals surface area contributed by atoms with Crippen LogP contribution in [-0.4, -0.2) is 28.0 Å². The van der Waals surface area contributed by atoms with Crippen molar-refractivity contribution in [1.29, 1.82) is 0 Å². The second-order valence-electron chi connectivity index (χ2n) is 5.58. The molecule has 0 radical (unpaired) electrons. The van der Waals surface area contributed by atoms with Crippen LogP contribution in [0.2, 0.25) is 0 Å². The maximum atomic E-state index is 9.28. The number of hydrogen-bond acceptors (Lipinski definition) is 3. The van der Waals surface area contributed by atoms with Crippen molar-refractivity contribution in [3.63, 3.8) is 0 Å². The molecule has 2 rings (SSSR count). The molecule has 1 heterocycles. The molecule has 0 aliphatic heterocycles. The summed E-state index contributed by atoms with van der Waals surface area (Å²) in [4.78, 5) is 0. The second kappa shape index (κ2) is 5.23. The first-order chi connectivity index (χ1) is 8.99. The highest BCUT2D eigenvalue weighted by Crippen LogP contribution is 2.32. The van der Waals surface area contributed by atoms with E-state index in [1.807, 2.05) is 18.2 Å². The average Bonchev–Trinajstić information content (AvgIpc) is 2.68. The lowest BCUT2D eigenvalue weighted by molar-refractivity contribution is 0.242. The zero-order valence-corrected chi connectivity index (χ0v) is 11.6. The minimum atomic E-state index is -0.141. The van der Waals surface area contributed by atoms with Gasteiger partial charge in [-0.1, -0.05) is 13.8 Å². The zero-order chi connectivity index (χ0) is 14.0. The van der Waals surface area contributed by atoms with Gasteiger partial charge in [0.2, 0.25) is 0 Å². The van der Waals surface area contributed by atoms with Crippen LogP contribution in [0.15, 0.2) is 24.3 Å². The van der Waals surface area contributed by atoms with Gasteiger partial charge < -0.3 is 20.5 Å². The van der Waals surface area contributed by atoms with Crippen LogP contribution >= 0.6 is 0 Å². The average molecular weight is 262 g/mol. The molecule has 104 valence electrons. The topological polar surface area (TPSA) is 71.4 Å². The van der Waals surface area contributed by atoms with Crippen molar-refractivity contribution in [3.8, 4) is 0 Å². The number of nitrogens with two attached hydrogens (primary N) is 1. The molecule has 19 heavy (non-hydrogen) atoms. The molecule has 0 saturated heterocycles. The van der Waals surface area contributed by atoms with E-state index in [1.54, 1.807) is 0 Å². The molecule has 0 bridgehead atoms. The number of anilines is 1. The minimum absolute atomic E-state index is 0.0936. The summed E-state index contributed by atoms with van der Waals surface area (Å²) in [6, 6.07) is 7.91. The van der Waals surface area contributed by atoms with Crippen molar-refractivity contribution in [1.82, 2.24) is 4.57 Å². The van der Waals surface area contributed by atoms with Crippen LogP contribution in [0.1, 0.15) is 26.0 Å². The third-order valence-electron chi connectivity index (χ3n) is 3.68. The number of aliphatic hydroxyl groups excluding tert-OH is 2. The van der Waals surface area contributed by atoms with E-state index in [4.69, 9.17) is 5.73 Å². The van der Waals surface area contributed by atoms with Gasteiger partial charge in [-0.25, -0.2) is 0 Å². The van der Waals surface area contributed by atoms with Gasteiger partial charge in [0, 0.05) is 40.9 Å². The van der Waals surface area contributed by atoms with Crippen molar-refractivity contribution in [2.45, 2.75) is 32.2 Å². The van der Waals surface area contributed by atoms with E-state index < -0.39 is 0 Å². The van der Waals surface area contributed by atoms with Gasteiger partial charge in [0.25, 0.3) is 0 Å². The van der Waals surface area contributed by atoms with Gasteiger partial charge in [-0.2, -0.15) is 0 Å². The van der Waals surface area contributed by atoms with Gasteiger partial charge in [-0.3, -0.25) is 0 Å². The van der Waals surface area contributed by atoms with Gasteiger partial charge in [0.1, 0.15) is 0 Å². The molecule has 0 atom stereocenters. The van der Waals surface area contributed by atoms with E-state index in [0.29, 0.717) is 13.0 Å². The highest BCUT2D eigenvalue weighted by Gasteiger charge is 2.25. The fraction of sp³-hybridized carbons (Fsp3) is 0.467. The zero-order valence-electron chi connectivity index (χ0n) is 11.6. The first kappa shape index (κ1) is 13.9. The van der Waals surface area contributed by atoms with Crippen molar-refractivity contribution in [2.24, 2.45) is 0 Å². The molecule has 0 aliphatic carbocycles. The molecular formula is C15H22N2O2. The number of benzene rings is 1. The third kappa shape index (κ3) is 2.60. The molecule has 0 spiro atoms. The Bertz CT molecular complexity index is 573. The maximum absolute atomic E-state index is 9.28. The maximum Gasteiger partial charge on any atom is 0.0610 e. The molecule has 4 nitrogen and oxygen atoms in total. The number of aliphatic hydroxyl groups is 2. The summed E-state index contributed by atoms with van der Waals surface area (Å²) in [5, 5.41) is 19.6. The molecule has 2 aromatic rings. The third-order valence-corrected chi connectivity index (χ3v) is 3.68. The number of aromatic nitrogens is 1. The molecule has 1 aromatic carbocycles. The van der Waals surface area contributed by atoms with Crippen molar-refractivity contribution >= 4 is 16.6 Å². The van der Waals surface area contributed by atoms with Crippen molar-refractivity contribution < 1.29 is 10.2 Å². The number of nitrogen functional groups attached to an aromatic ring is 1. The Morgan fingerprint density at radius 1 is 1.16 bits per heavy atom. The van der Waals surface area contributed by atoms with E-state index in [-0.39, 0.29) is 18.6 Å². The molecule has 0 amide bonds. The van der Waals surface area contributed by atoms with Crippen LogP contribution in [0.5, 0.6) is 0 Å². The predicted molar refractivity (Wildman–Crippen MR) is 78.2 cm³/mol. The molecule has 0 saturated carbocycles. The van der Waals surface area contributed by atoms with E-state index in [9.17, 15) is 10.2 Å². The SMILES string of the molecule is CC(C)(CCO)c1cc2cc(N)ccc2n1CCO. The fourth-order valence-corrected chi connectivity index (χ4v) is 2.60. The Morgan fingerprint density at radius 3 is 2.53 bits per heavy atom. The predicted octanol–water partition coefficient (Wildman–Crippen LogP) is 1.88. The van der Waals surface area contributed by atoms with Crippen molar-refractivity contribution in [3.05, 3.63) is 30.0 Å². The van der Waals surface area contributed by atoms with Gasteiger partial charge in [-0.15, -0.1) is 0 Å². The molecule has 0 unspecified atom stereocenters. The Morgan fingerprint density at radius 2 is 1.89 bits per heavy atom. The molecule has 1 aromatic heterocycles. The Balaban J connectivity index is 2.62. The van der Waals surface area contributed by atoms with E-state index in [2.05, 4.69) is 24.5 Å². The largest absolute Gasteiger partial charge is 0.399 e. The number of rotatable bonds is 5. The summed E-state index contributed by atoms with van der Waals surface area (Å²) in [5.74, 6) is 0. The highest BCUT2D eigenvalue weighted by molar-refractivity contribution is 5.84. The lowest BCUT2D eigenvalue weighted by Crippen LogP contribution is -2.23. The summed E-state index contributed by atoms with van der Waals surface area (Å²) in [6.45, 7) is 5.01. The van der Waals surface area contributed by atoms with Gasteiger partial charge in [0.15, 0.2) is 0 Å². The van der Waals surface area contributed by atoms with E-state index in [1.165, 1.54) is 0 Å².